The van der Waals surface area contributed by atoms with Gasteiger partial charge in [0.2, 0.25) is 0 Å². The van der Waals surface area contributed by atoms with E-state index in [2.05, 4.69) is 20.7 Å². The summed E-state index contributed by atoms with van der Waals surface area (Å²) in [5.74, 6) is 0.724. The summed E-state index contributed by atoms with van der Waals surface area (Å²) < 4.78 is 6.82. The number of fused-ring (bicyclic) bond motifs is 1. The van der Waals surface area contributed by atoms with Crippen LogP contribution in [0.4, 0.5) is 10.6 Å². The first-order valence-electron chi connectivity index (χ1n) is 6.45. The van der Waals surface area contributed by atoms with Gasteiger partial charge in [-0.2, -0.15) is 0 Å². The Morgan fingerprint density at radius 2 is 2.15 bits per heavy atom. The molecule has 2 aromatic rings. The third-order valence-electron chi connectivity index (χ3n) is 2.35. The minimum Gasteiger partial charge on any atom is -0.444 e. The van der Waals surface area contributed by atoms with Gasteiger partial charge in [0.05, 0.1) is 0 Å². The van der Waals surface area contributed by atoms with Gasteiger partial charge in [-0.15, -0.1) is 5.10 Å². The first-order chi connectivity index (χ1) is 9.44. The predicted molar refractivity (Wildman–Crippen MR) is 75.7 cm³/mol. The number of carbonyl (C=O) groups is 1. The summed E-state index contributed by atoms with van der Waals surface area (Å²) in [5, 5.41) is 10.1. The molecule has 0 spiro atoms. The highest BCUT2D eigenvalue weighted by Gasteiger charge is 2.15. The third-order valence-corrected chi connectivity index (χ3v) is 2.35. The summed E-state index contributed by atoms with van der Waals surface area (Å²) in [4.78, 5) is 15.5. The van der Waals surface area contributed by atoms with Crippen LogP contribution in [0, 0.1) is 0 Å². The van der Waals surface area contributed by atoms with E-state index in [1.807, 2.05) is 32.9 Å². The lowest BCUT2D eigenvalue weighted by Gasteiger charge is -2.19. The molecule has 0 saturated heterocycles. The first kappa shape index (κ1) is 14.1. The molecule has 2 heterocycles. The highest BCUT2D eigenvalue weighted by Crippen LogP contribution is 2.06. The second-order valence-electron chi connectivity index (χ2n) is 5.30. The molecule has 0 saturated carbocycles. The van der Waals surface area contributed by atoms with Crippen molar-refractivity contribution in [3.05, 3.63) is 24.5 Å². The topological polar surface area (TPSA) is 80.5 Å². The van der Waals surface area contributed by atoms with Gasteiger partial charge in [-0.3, -0.25) is 0 Å². The number of amides is 1. The van der Waals surface area contributed by atoms with Gasteiger partial charge in [-0.1, -0.05) is 0 Å². The van der Waals surface area contributed by atoms with Crippen LogP contribution in [-0.4, -0.2) is 39.4 Å². The fourth-order valence-corrected chi connectivity index (χ4v) is 1.58. The molecular weight excluding hydrogens is 258 g/mol. The summed E-state index contributed by atoms with van der Waals surface area (Å²) >= 11 is 0. The Bertz CT molecular complexity index is 588. The highest BCUT2D eigenvalue weighted by atomic mass is 16.6. The second-order valence-corrected chi connectivity index (χ2v) is 5.30. The molecule has 0 fully saturated rings. The summed E-state index contributed by atoms with van der Waals surface area (Å²) in [6.07, 6.45) is 3.05. The van der Waals surface area contributed by atoms with Gasteiger partial charge < -0.3 is 15.4 Å². The maximum absolute atomic E-state index is 11.4. The fourth-order valence-electron chi connectivity index (χ4n) is 1.58. The van der Waals surface area contributed by atoms with Crippen LogP contribution in [0.2, 0.25) is 0 Å². The second kappa shape index (κ2) is 5.77. The van der Waals surface area contributed by atoms with Crippen LogP contribution in [-0.2, 0) is 4.74 Å². The van der Waals surface area contributed by atoms with Crippen molar-refractivity contribution >= 4 is 17.6 Å². The van der Waals surface area contributed by atoms with Crippen molar-refractivity contribution < 1.29 is 9.53 Å². The predicted octanol–water partition coefficient (Wildman–Crippen LogP) is 1.67. The summed E-state index contributed by atoms with van der Waals surface area (Å²) in [6, 6.07) is 3.71. The van der Waals surface area contributed by atoms with Crippen LogP contribution in [0.5, 0.6) is 0 Å². The Balaban J connectivity index is 1.74. The molecule has 0 aliphatic rings. The molecule has 0 atom stereocenters. The Kier molecular flexibility index (Phi) is 4.07. The lowest BCUT2D eigenvalue weighted by atomic mass is 10.2. The molecule has 0 aliphatic heterocycles. The number of alkyl carbamates (subject to hydrolysis) is 1. The molecule has 0 bridgehead atoms. The van der Waals surface area contributed by atoms with E-state index in [1.54, 1.807) is 16.9 Å². The molecule has 7 heteroatoms. The Hall–Kier alpha value is -2.31. The highest BCUT2D eigenvalue weighted by molar-refractivity contribution is 5.67. The van der Waals surface area contributed by atoms with Crippen molar-refractivity contribution in [3.63, 3.8) is 0 Å². The number of nitrogens with zero attached hydrogens (tertiary/aromatic N) is 3. The molecule has 7 nitrogen and oxygen atoms in total. The Morgan fingerprint density at radius 3 is 2.90 bits per heavy atom. The number of rotatable bonds is 4. The van der Waals surface area contributed by atoms with Crippen LogP contribution in [0.25, 0.3) is 5.65 Å². The van der Waals surface area contributed by atoms with Crippen LogP contribution >= 0.6 is 0 Å². The molecule has 0 aromatic carbocycles. The number of carbonyl (C=O) groups excluding carboxylic acids is 1. The van der Waals surface area contributed by atoms with E-state index < -0.39 is 11.7 Å². The molecule has 20 heavy (non-hydrogen) atoms. The monoisotopic (exact) mass is 277 g/mol. The molecule has 1 amide bonds. The Labute approximate surface area is 117 Å². The maximum Gasteiger partial charge on any atom is 0.407 e. The number of imidazole rings is 1. The average molecular weight is 277 g/mol. The number of ether oxygens (including phenoxy) is 1. The van der Waals surface area contributed by atoms with Gasteiger partial charge in [0.25, 0.3) is 0 Å². The summed E-state index contributed by atoms with van der Waals surface area (Å²) in [5.41, 5.74) is 0.313. The zero-order valence-corrected chi connectivity index (χ0v) is 11.9. The summed E-state index contributed by atoms with van der Waals surface area (Å²) in [6.45, 7) is 6.50. The van der Waals surface area contributed by atoms with Crippen molar-refractivity contribution in [2.75, 3.05) is 18.4 Å². The molecule has 2 N–H and O–H groups in total. The van der Waals surface area contributed by atoms with E-state index in [9.17, 15) is 4.79 Å². The van der Waals surface area contributed by atoms with Gasteiger partial charge in [-0.05, 0) is 32.9 Å². The van der Waals surface area contributed by atoms with Crippen LogP contribution < -0.4 is 10.6 Å². The SMILES string of the molecule is CC(C)(C)OC(=O)NCCNc1ccc2nccn2n1. The zero-order chi connectivity index (χ0) is 14.6. The number of anilines is 1. The molecular formula is C13H19N5O2. The lowest BCUT2D eigenvalue weighted by Crippen LogP contribution is -2.35. The maximum atomic E-state index is 11.4. The molecule has 0 aliphatic carbocycles. The zero-order valence-electron chi connectivity index (χ0n) is 11.9. The van der Waals surface area contributed by atoms with E-state index in [-0.39, 0.29) is 0 Å². The fraction of sp³-hybridized carbons (Fsp3) is 0.462. The van der Waals surface area contributed by atoms with E-state index >= 15 is 0 Å². The van der Waals surface area contributed by atoms with Gasteiger partial charge >= 0.3 is 6.09 Å². The van der Waals surface area contributed by atoms with E-state index in [0.717, 1.165) is 11.5 Å². The van der Waals surface area contributed by atoms with Gasteiger partial charge in [0.1, 0.15) is 11.4 Å². The van der Waals surface area contributed by atoms with Crippen molar-refractivity contribution in [2.45, 2.75) is 26.4 Å². The normalized spacial score (nSPS) is 11.3. The van der Waals surface area contributed by atoms with Crippen LogP contribution in [0.1, 0.15) is 20.8 Å². The van der Waals surface area contributed by atoms with Gasteiger partial charge in [0, 0.05) is 25.5 Å². The lowest BCUT2D eigenvalue weighted by molar-refractivity contribution is 0.0530. The third kappa shape index (κ3) is 4.11. The molecule has 2 rings (SSSR count). The largest absolute Gasteiger partial charge is 0.444 e. The first-order valence-corrected chi connectivity index (χ1v) is 6.45. The molecule has 108 valence electrons. The summed E-state index contributed by atoms with van der Waals surface area (Å²) in [7, 11) is 0. The minimum atomic E-state index is -0.481. The standard InChI is InChI=1S/C13H19N5O2/c1-13(2,3)20-12(19)16-7-6-14-10-4-5-11-15-8-9-18(11)17-10/h4-5,8-9H,6-7H2,1-3H3,(H,14,17)(H,16,19). The van der Waals surface area contributed by atoms with Gasteiger partial charge in [0.15, 0.2) is 5.65 Å². The van der Waals surface area contributed by atoms with Crippen LogP contribution in [0.3, 0.4) is 0 Å². The molecule has 0 radical (unpaired) electrons. The molecule has 0 unspecified atom stereocenters. The van der Waals surface area contributed by atoms with Crippen molar-refractivity contribution in [1.82, 2.24) is 19.9 Å². The number of aromatic nitrogens is 3. The number of hydrogen-bond donors (Lipinski definition) is 2. The van der Waals surface area contributed by atoms with E-state index in [4.69, 9.17) is 4.74 Å². The van der Waals surface area contributed by atoms with Crippen molar-refractivity contribution in [2.24, 2.45) is 0 Å². The van der Waals surface area contributed by atoms with Crippen molar-refractivity contribution in [1.29, 1.82) is 0 Å². The average Bonchev–Trinajstić information content (AvgIpc) is 2.79. The van der Waals surface area contributed by atoms with Gasteiger partial charge in [-0.25, -0.2) is 14.3 Å². The molecule has 2 aromatic heterocycles. The van der Waals surface area contributed by atoms with Crippen LogP contribution in [0.15, 0.2) is 24.5 Å². The minimum absolute atomic E-state index is 0.419. The number of hydrogen-bond acceptors (Lipinski definition) is 5. The quantitative estimate of drug-likeness (QED) is 0.831. The van der Waals surface area contributed by atoms with E-state index in [1.165, 1.54) is 0 Å². The smallest absolute Gasteiger partial charge is 0.407 e. The number of nitrogens with one attached hydrogen (secondary N) is 2. The van der Waals surface area contributed by atoms with Crippen molar-refractivity contribution in [3.8, 4) is 0 Å². The Morgan fingerprint density at radius 1 is 1.35 bits per heavy atom. The van der Waals surface area contributed by atoms with E-state index in [0.29, 0.717) is 13.1 Å².